The molecule has 0 atom stereocenters. The van der Waals surface area contributed by atoms with Crippen molar-refractivity contribution in [3.63, 3.8) is 0 Å². The standard InChI is InChI=1S/C44H26N6Se/c1-3-11-29(12-4-1)49-36-17-9-7-15-31(36)33-21-19-27(25-38(33)49)35-23-24-40-41(45-35)42-44(51-40)48-47-43(46-42)28-20-22-34-32-16-8-10-18-37(32)50(39(34)26-28)30-13-5-2-6-14-30/h1-26H. The molecule has 238 valence electrons. The van der Waals surface area contributed by atoms with E-state index in [2.05, 4.69) is 172 Å². The summed E-state index contributed by atoms with van der Waals surface area (Å²) in [6, 6.07) is 55.7. The van der Waals surface area contributed by atoms with Gasteiger partial charge in [0.2, 0.25) is 0 Å². The van der Waals surface area contributed by atoms with Crippen molar-refractivity contribution in [3.05, 3.63) is 158 Å². The van der Waals surface area contributed by atoms with Crippen LogP contribution in [0.1, 0.15) is 0 Å². The maximum absolute atomic E-state index is 5.27. The Morgan fingerprint density at radius 3 is 1.61 bits per heavy atom. The van der Waals surface area contributed by atoms with Crippen molar-refractivity contribution in [3.8, 4) is 34.0 Å². The molecule has 0 fully saturated rings. The maximum atomic E-state index is 5.27. The second kappa shape index (κ2) is 11.1. The van der Waals surface area contributed by atoms with Gasteiger partial charge in [-0.3, -0.25) is 0 Å². The van der Waals surface area contributed by atoms with Crippen LogP contribution in [0.15, 0.2) is 158 Å². The van der Waals surface area contributed by atoms with Crippen LogP contribution in [-0.2, 0) is 0 Å². The summed E-state index contributed by atoms with van der Waals surface area (Å²) in [4.78, 5) is 10.4. The van der Waals surface area contributed by atoms with Crippen molar-refractivity contribution in [1.82, 2.24) is 29.3 Å². The molecule has 5 heterocycles. The van der Waals surface area contributed by atoms with E-state index < -0.39 is 0 Å². The van der Waals surface area contributed by atoms with Gasteiger partial charge < -0.3 is 0 Å². The monoisotopic (exact) mass is 718 g/mol. The molecule has 0 bridgehead atoms. The number of hydrogen-bond acceptors (Lipinski definition) is 4. The summed E-state index contributed by atoms with van der Waals surface area (Å²) < 4.78 is 6.76. The van der Waals surface area contributed by atoms with E-state index in [9.17, 15) is 0 Å². The van der Waals surface area contributed by atoms with Crippen molar-refractivity contribution in [2.45, 2.75) is 0 Å². The number of nitrogens with zero attached hydrogens (tertiary/aromatic N) is 6. The first-order valence-electron chi connectivity index (χ1n) is 16.9. The number of aromatic nitrogens is 6. The molecule has 0 unspecified atom stereocenters. The zero-order valence-electron chi connectivity index (χ0n) is 27.1. The average molecular weight is 718 g/mol. The molecule has 0 amide bonds. The Morgan fingerprint density at radius 1 is 0.412 bits per heavy atom. The van der Waals surface area contributed by atoms with E-state index in [4.69, 9.17) is 15.1 Å². The first kappa shape index (κ1) is 28.4. The van der Waals surface area contributed by atoms with Crippen LogP contribution in [0.2, 0.25) is 0 Å². The summed E-state index contributed by atoms with van der Waals surface area (Å²) >= 11 is -0.0118. The number of benzene rings is 6. The van der Waals surface area contributed by atoms with Gasteiger partial charge in [0.25, 0.3) is 0 Å². The molecule has 6 aromatic carbocycles. The van der Waals surface area contributed by atoms with Crippen LogP contribution < -0.4 is 0 Å². The first-order chi connectivity index (χ1) is 25.3. The van der Waals surface area contributed by atoms with Crippen molar-refractivity contribution in [1.29, 1.82) is 0 Å². The molecular weight excluding hydrogens is 691 g/mol. The number of pyridine rings is 1. The van der Waals surface area contributed by atoms with E-state index in [0.717, 1.165) is 54.7 Å². The third kappa shape index (κ3) is 4.36. The van der Waals surface area contributed by atoms with E-state index in [1.807, 2.05) is 0 Å². The van der Waals surface area contributed by atoms with Crippen LogP contribution in [0.4, 0.5) is 0 Å². The Hall–Kier alpha value is -6.40. The third-order valence-electron chi connectivity index (χ3n) is 9.88. The fraction of sp³-hybridized carbons (Fsp3) is 0. The predicted molar refractivity (Wildman–Crippen MR) is 209 cm³/mol. The van der Waals surface area contributed by atoms with Crippen molar-refractivity contribution >= 4 is 77.8 Å². The molecule has 0 radical (unpaired) electrons. The van der Waals surface area contributed by atoms with Crippen LogP contribution in [0.3, 0.4) is 0 Å². The molecule has 0 aliphatic rings. The SMILES string of the molecule is c1ccc(-n2c3ccccc3c3ccc(-c4ccc5[se]c6nnc(-c7ccc8c9ccccc9n(-c9ccccc9)c8c7)nc6c5n4)cc32)cc1. The van der Waals surface area contributed by atoms with Crippen LogP contribution in [0.25, 0.3) is 97.3 Å². The van der Waals surface area contributed by atoms with Gasteiger partial charge in [-0.25, -0.2) is 0 Å². The molecule has 5 aromatic heterocycles. The van der Waals surface area contributed by atoms with Crippen LogP contribution in [-0.4, -0.2) is 43.8 Å². The average Bonchev–Trinajstić information content (AvgIpc) is 3.85. The Bertz CT molecular complexity index is 2930. The summed E-state index contributed by atoms with van der Waals surface area (Å²) in [5.41, 5.74) is 11.5. The van der Waals surface area contributed by atoms with Gasteiger partial charge >= 0.3 is 299 Å². The van der Waals surface area contributed by atoms with Gasteiger partial charge in [-0.2, -0.15) is 0 Å². The van der Waals surface area contributed by atoms with Crippen LogP contribution >= 0.6 is 0 Å². The quantitative estimate of drug-likeness (QED) is 0.170. The van der Waals surface area contributed by atoms with Crippen LogP contribution in [0.5, 0.6) is 0 Å². The fourth-order valence-electron chi connectivity index (χ4n) is 7.57. The topological polar surface area (TPSA) is 61.4 Å². The normalized spacial score (nSPS) is 11.9. The van der Waals surface area contributed by atoms with Gasteiger partial charge in [-0.05, 0) is 0 Å². The van der Waals surface area contributed by atoms with Crippen LogP contribution in [0, 0.1) is 0 Å². The van der Waals surface area contributed by atoms with E-state index >= 15 is 0 Å². The molecule has 0 saturated heterocycles. The van der Waals surface area contributed by atoms with E-state index in [1.165, 1.54) is 36.8 Å². The molecule has 0 N–H and O–H groups in total. The zero-order chi connectivity index (χ0) is 33.5. The number of hydrogen-bond donors (Lipinski definition) is 0. The van der Waals surface area contributed by atoms with E-state index in [-0.39, 0.29) is 14.5 Å². The molecule has 6 nitrogen and oxygen atoms in total. The minimum atomic E-state index is -0.0118. The summed E-state index contributed by atoms with van der Waals surface area (Å²) in [5, 5.41) is 14.2. The third-order valence-corrected chi connectivity index (χ3v) is 12.0. The summed E-state index contributed by atoms with van der Waals surface area (Å²) in [6.07, 6.45) is 0. The molecule has 11 rings (SSSR count). The van der Waals surface area contributed by atoms with Crippen molar-refractivity contribution in [2.75, 3.05) is 0 Å². The first-order valence-corrected chi connectivity index (χ1v) is 18.6. The Morgan fingerprint density at radius 2 is 0.961 bits per heavy atom. The molecular formula is C44H26N6Se. The molecule has 0 aliphatic heterocycles. The molecule has 11 aromatic rings. The Kier molecular flexibility index (Phi) is 6.16. The number of fused-ring (bicyclic) bond motifs is 9. The number of rotatable bonds is 4. The van der Waals surface area contributed by atoms with E-state index in [1.54, 1.807) is 0 Å². The molecule has 0 saturated carbocycles. The summed E-state index contributed by atoms with van der Waals surface area (Å²) in [6.45, 7) is 0. The second-order valence-corrected chi connectivity index (χ2v) is 14.9. The molecule has 7 heteroatoms. The van der Waals surface area contributed by atoms with Gasteiger partial charge in [-0.1, -0.05) is 0 Å². The minimum absolute atomic E-state index is 0.0118. The summed E-state index contributed by atoms with van der Waals surface area (Å²) in [5.74, 6) is 0.602. The predicted octanol–water partition coefficient (Wildman–Crippen LogP) is 10.2. The Labute approximate surface area is 297 Å². The van der Waals surface area contributed by atoms with Gasteiger partial charge in [0, 0.05) is 0 Å². The Balaban J connectivity index is 1.07. The van der Waals surface area contributed by atoms with Gasteiger partial charge in [0.15, 0.2) is 0 Å². The van der Waals surface area contributed by atoms with Crippen molar-refractivity contribution < 1.29 is 0 Å². The van der Waals surface area contributed by atoms with Gasteiger partial charge in [0.1, 0.15) is 0 Å². The zero-order valence-corrected chi connectivity index (χ0v) is 28.8. The van der Waals surface area contributed by atoms with Gasteiger partial charge in [0.05, 0.1) is 0 Å². The van der Waals surface area contributed by atoms with Crippen molar-refractivity contribution in [2.24, 2.45) is 0 Å². The summed E-state index contributed by atoms with van der Waals surface area (Å²) in [7, 11) is 0. The van der Waals surface area contributed by atoms with Gasteiger partial charge in [-0.15, -0.1) is 0 Å². The van der Waals surface area contributed by atoms with E-state index in [0.29, 0.717) is 5.82 Å². The molecule has 51 heavy (non-hydrogen) atoms. The molecule has 0 spiro atoms. The molecule has 0 aliphatic carbocycles. The second-order valence-electron chi connectivity index (χ2n) is 12.8. The number of para-hydroxylation sites is 4. The fourth-order valence-corrected chi connectivity index (χ4v) is 9.47.